The van der Waals surface area contributed by atoms with Crippen molar-refractivity contribution in [3.8, 4) is 5.75 Å². The van der Waals surface area contributed by atoms with E-state index in [1.54, 1.807) is 65.8 Å². The van der Waals surface area contributed by atoms with Crippen molar-refractivity contribution < 1.29 is 28.6 Å². The Morgan fingerprint density at radius 1 is 0.926 bits per heavy atom. The molecule has 0 saturated heterocycles. The maximum Gasteiger partial charge on any atom is 0.431 e. The summed E-state index contributed by atoms with van der Waals surface area (Å²) in [6, 6.07) is 7.09. The number of hydroxylamine groups is 1. The van der Waals surface area contributed by atoms with Gasteiger partial charge < -0.3 is 14.2 Å². The summed E-state index contributed by atoms with van der Waals surface area (Å²) in [5.41, 5.74) is -0.879. The van der Waals surface area contributed by atoms with E-state index >= 15 is 0 Å². The van der Waals surface area contributed by atoms with Gasteiger partial charge in [0.1, 0.15) is 23.6 Å². The molecule has 1 rings (SSSR count). The molecule has 1 amide bonds. The molecule has 0 unspecified atom stereocenters. The molecule has 0 radical (unpaired) electrons. The molecule has 1 atom stereocenters. The van der Waals surface area contributed by atoms with Crippen LogP contribution in [0.5, 0.6) is 5.75 Å². The van der Waals surface area contributed by atoms with E-state index < -0.39 is 28.9 Å². The van der Waals surface area contributed by atoms with Crippen molar-refractivity contribution in [3.63, 3.8) is 0 Å². The minimum Gasteiger partial charge on any atom is -0.490 e. The standard InChI is InChI=1S/C19H28BrNO6/c1-17(2,3)25-15(22)19(7,27-21-16(23)26-18(4,5)6)12-24-14-10-8-13(20)9-11-14/h8-11H,12H2,1-7H3,(H,21,23)/t19-/m0/s1. The highest BCUT2D eigenvalue weighted by Crippen LogP contribution is 2.21. The van der Waals surface area contributed by atoms with Crippen LogP contribution in [0.25, 0.3) is 0 Å². The zero-order valence-electron chi connectivity index (χ0n) is 16.8. The van der Waals surface area contributed by atoms with Crippen molar-refractivity contribution in [2.45, 2.75) is 65.3 Å². The second kappa shape index (κ2) is 8.93. The van der Waals surface area contributed by atoms with Gasteiger partial charge in [0.2, 0.25) is 5.60 Å². The van der Waals surface area contributed by atoms with Crippen LogP contribution in [0.4, 0.5) is 4.79 Å². The summed E-state index contributed by atoms with van der Waals surface area (Å²) in [4.78, 5) is 29.9. The van der Waals surface area contributed by atoms with Gasteiger partial charge in [0.15, 0.2) is 0 Å². The monoisotopic (exact) mass is 445 g/mol. The molecule has 0 aliphatic heterocycles. The number of esters is 1. The van der Waals surface area contributed by atoms with Crippen molar-refractivity contribution in [3.05, 3.63) is 28.7 Å². The molecule has 1 aromatic carbocycles. The van der Waals surface area contributed by atoms with Crippen LogP contribution in [0, 0.1) is 0 Å². The molecule has 1 N–H and O–H groups in total. The topological polar surface area (TPSA) is 83.1 Å². The van der Waals surface area contributed by atoms with E-state index in [2.05, 4.69) is 21.4 Å². The second-order valence-electron chi connectivity index (χ2n) is 8.18. The molecule has 7 nitrogen and oxygen atoms in total. The first-order valence-electron chi connectivity index (χ1n) is 8.49. The fraction of sp³-hybridized carbons (Fsp3) is 0.579. The Morgan fingerprint density at radius 2 is 1.44 bits per heavy atom. The minimum absolute atomic E-state index is 0.181. The highest BCUT2D eigenvalue weighted by Gasteiger charge is 2.41. The first kappa shape index (κ1) is 23.2. The number of halogens is 1. The third-order valence-corrected chi connectivity index (χ3v) is 3.45. The summed E-state index contributed by atoms with van der Waals surface area (Å²) in [6.45, 7) is 11.7. The fourth-order valence-electron chi connectivity index (χ4n) is 1.72. The third-order valence-electron chi connectivity index (χ3n) is 2.92. The number of benzene rings is 1. The molecule has 0 spiro atoms. The lowest BCUT2D eigenvalue weighted by Gasteiger charge is -2.31. The van der Waals surface area contributed by atoms with Gasteiger partial charge in [0.25, 0.3) is 0 Å². The summed E-state index contributed by atoms with van der Waals surface area (Å²) in [7, 11) is 0. The lowest BCUT2D eigenvalue weighted by Crippen LogP contribution is -2.52. The molecule has 0 aliphatic rings. The summed E-state index contributed by atoms with van der Waals surface area (Å²) in [5, 5.41) is 0. The summed E-state index contributed by atoms with van der Waals surface area (Å²) < 4.78 is 17.1. The van der Waals surface area contributed by atoms with Crippen LogP contribution in [-0.4, -0.2) is 35.5 Å². The Kier molecular flexibility index (Phi) is 7.68. The SMILES string of the molecule is CC(C)(C)OC(=O)NO[C@@](C)(COc1ccc(Br)cc1)C(=O)OC(C)(C)C. The predicted octanol–water partition coefficient (Wildman–Crippen LogP) is 4.38. The Morgan fingerprint density at radius 3 is 1.93 bits per heavy atom. The van der Waals surface area contributed by atoms with Crippen LogP contribution >= 0.6 is 15.9 Å². The molecule has 8 heteroatoms. The predicted molar refractivity (Wildman–Crippen MR) is 104 cm³/mol. The van der Waals surface area contributed by atoms with E-state index in [1.807, 2.05) is 0 Å². The van der Waals surface area contributed by atoms with Gasteiger partial charge in [0.05, 0.1) is 0 Å². The molecule has 0 fully saturated rings. The van der Waals surface area contributed by atoms with Gasteiger partial charge in [-0.05, 0) is 72.7 Å². The normalized spacial score (nSPS) is 14.1. The van der Waals surface area contributed by atoms with Crippen molar-refractivity contribution in [2.75, 3.05) is 6.61 Å². The summed E-state index contributed by atoms with van der Waals surface area (Å²) in [5.74, 6) is -0.142. The van der Waals surface area contributed by atoms with Gasteiger partial charge in [-0.15, -0.1) is 0 Å². The zero-order chi connectivity index (χ0) is 20.9. The number of ether oxygens (including phenoxy) is 3. The number of carbonyl (C=O) groups excluding carboxylic acids is 2. The number of carbonyl (C=O) groups is 2. The highest BCUT2D eigenvalue weighted by atomic mass is 79.9. The Hall–Kier alpha value is -1.80. The van der Waals surface area contributed by atoms with Crippen LogP contribution in [-0.2, 0) is 19.1 Å². The molecule has 0 heterocycles. The van der Waals surface area contributed by atoms with Gasteiger partial charge in [-0.2, -0.15) is 5.48 Å². The van der Waals surface area contributed by atoms with Crippen molar-refractivity contribution in [1.29, 1.82) is 0 Å². The number of hydrogen-bond acceptors (Lipinski definition) is 6. The Bertz CT molecular complexity index is 648. The molecule has 0 aromatic heterocycles. The molecule has 152 valence electrons. The van der Waals surface area contributed by atoms with E-state index in [0.717, 1.165) is 4.47 Å². The van der Waals surface area contributed by atoms with Gasteiger partial charge in [0, 0.05) is 4.47 Å². The molecule has 0 saturated carbocycles. The maximum atomic E-state index is 12.6. The fourth-order valence-corrected chi connectivity index (χ4v) is 1.99. The molecular weight excluding hydrogens is 418 g/mol. The molecule has 0 aliphatic carbocycles. The van der Waals surface area contributed by atoms with Crippen LogP contribution in [0.2, 0.25) is 0 Å². The molecule has 27 heavy (non-hydrogen) atoms. The van der Waals surface area contributed by atoms with Crippen LogP contribution in [0.15, 0.2) is 28.7 Å². The van der Waals surface area contributed by atoms with Crippen molar-refractivity contribution in [2.24, 2.45) is 0 Å². The first-order chi connectivity index (χ1) is 12.2. The average molecular weight is 446 g/mol. The van der Waals surface area contributed by atoms with E-state index in [4.69, 9.17) is 19.0 Å². The Balaban J connectivity index is 2.85. The quantitative estimate of drug-likeness (QED) is 0.516. The number of hydrogen-bond donors (Lipinski definition) is 1. The van der Waals surface area contributed by atoms with Crippen molar-refractivity contribution in [1.82, 2.24) is 5.48 Å². The van der Waals surface area contributed by atoms with Crippen LogP contribution < -0.4 is 10.2 Å². The lowest BCUT2D eigenvalue weighted by molar-refractivity contribution is -0.194. The van der Waals surface area contributed by atoms with Gasteiger partial charge >= 0.3 is 12.1 Å². The van der Waals surface area contributed by atoms with E-state index in [-0.39, 0.29) is 6.61 Å². The third kappa shape index (κ3) is 9.10. The summed E-state index contributed by atoms with van der Waals surface area (Å²) >= 11 is 3.34. The van der Waals surface area contributed by atoms with Crippen LogP contribution in [0.1, 0.15) is 48.5 Å². The smallest absolute Gasteiger partial charge is 0.431 e. The lowest BCUT2D eigenvalue weighted by atomic mass is 10.1. The number of amides is 1. The van der Waals surface area contributed by atoms with E-state index in [0.29, 0.717) is 5.75 Å². The minimum atomic E-state index is -1.59. The number of nitrogens with one attached hydrogen (secondary N) is 1. The highest BCUT2D eigenvalue weighted by molar-refractivity contribution is 9.10. The van der Waals surface area contributed by atoms with Gasteiger partial charge in [-0.3, -0.25) is 0 Å². The van der Waals surface area contributed by atoms with Crippen molar-refractivity contribution >= 4 is 28.0 Å². The zero-order valence-corrected chi connectivity index (χ0v) is 18.4. The molecular formula is C19H28BrNO6. The average Bonchev–Trinajstić information content (AvgIpc) is 2.49. The first-order valence-corrected chi connectivity index (χ1v) is 9.28. The van der Waals surface area contributed by atoms with Gasteiger partial charge in [-0.25, -0.2) is 14.4 Å². The largest absolute Gasteiger partial charge is 0.490 e. The Labute approximate surface area is 168 Å². The number of rotatable bonds is 6. The van der Waals surface area contributed by atoms with Gasteiger partial charge in [-0.1, -0.05) is 15.9 Å². The van der Waals surface area contributed by atoms with Crippen LogP contribution in [0.3, 0.4) is 0 Å². The van der Waals surface area contributed by atoms with E-state index in [1.165, 1.54) is 6.92 Å². The maximum absolute atomic E-state index is 12.6. The molecule has 0 bridgehead atoms. The second-order valence-corrected chi connectivity index (χ2v) is 9.10. The summed E-state index contributed by atoms with van der Waals surface area (Å²) in [6.07, 6.45) is -0.819. The molecule has 1 aromatic rings. The van der Waals surface area contributed by atoms with E-state index in [9.17, 15) is 9.59 Å².